The van der Waals surface area contributed by atoms with Gasteiger partial charge in [-0.25, -0.2) is 0 Å². The van der Waals surface area contributed by atoms with Crippen LogP contribution < -0.4 is 5.32 Å². The molecule has 1 N–H and O–H groups in total. The van der Waals surface area contributed by atoms with E-state index in [4.69, 9.17) is 4.74 Å². The van der Waals surface area contributed by atoms with Crippen molar-refractivity contribution in [3.63, 3.8) is 0 Å². The molecule has 0 aliphatic carbocycles. The van der Waals surface area contributed by atoms with Crippen LogP contribution in [0.5, 0.6) is 0 Å². The van der Waals surface area contributed by atoms with Gasteiger partial charge in [0, 0.05) is 13.2 Å². The highest BCUT2D eigenvalue weighted by Gasteiger charge is 2.14. The molecule has 1 saturated heterocycles. The van der Waals surface area contributed by atoms with E-state index in [1.807, 2.05) is 7.05 Å². The Morgan fingerprint density at radius 2 is 2.07 bits per heavy atom. The number of likely N-dealkylation sites (tertiary alicyclic amines) is 1. The third-order valence-corrected chi connectivity index (χ3v) is 2.69. The van der Waals surface area contributed by atoms with Gasteiger partial charge in [-0.3, -0.25) is 0 Å². The predicted octanol–water partition coefficient (Wildman–Crippen LogP) is 1.10. The molecule has 1 heterocycles. The van der Waals surface area contributed by atoms with Crippen molar-refractivity contribution in [2.24, 2.45) is 0 Å². The molecule has 1 rings (SSSR count). The molecule has 3 nitrogen and oxygen atoms in total. The molecule has 0 amide bonds. The number of ether oxygens (including phenoxy) is 1. The van der Waals surface area contributed by atoms with E-state index >= 15 is 0 Å². The standard InChI is InChI=1S/C11H24N2O/c1-11(14-9-5-6-12-2)10-13-7-3-4-8-13/h11-12H,3-10H2,1-2H3. The first kappa shape index (κ1) is 12.0. The fourth-order valence-electron chi connectivity index (χ4n) is 1.91. The highest BCUT2D eigenvalue weighted by molar-refractivity contribution is 4.68. The van der Waals surface area contributed by atoms with Crippen molar-refractivity contribution in [1.29, 1.82) is 0 Å². The minimum Gasteiger partial charge on any atom is -0.377 e. The molecular weight excluding hydrogens is 176 g/mol. The molecule has 1 unspecified atom stereocenters. The smallest absolute Gasteiger partial charge is 0.0673 e. The van der Waals surface area contributed by atoms with Crippen molar-refractivity contribution in [2.75, 3.05) is 39.8 Å². The Morgan fingerprint density at radius 3 is 2.71 bits per heavy atom. The van der Waals surface area contributed by atoms with Gasteiger partial charge in [0.15, 0.2) is 0 Å². The first-order valence-electron chi connectivity index (χ1n) is 5.81. The van der Waals surface area contributed by atoms with Crippen LogP contribution in [-0.4, -0.2) is 50.8 Å². The van der Waals surface area contributed by atoms with Crippen molar-refractivity contribution >= 4 is 0 Å². The Balaban J connectivity index is 1.95. The van der Waals surface area contributed by atoms with Crippen LogP contribution in [0.15, 0.2) is 0 Å². The average Bonchev–Trinajstić information content (AvgIpc) is 2.65. The van der Waals surface area contributed by atoms with E-state index in [1.54, 1.807) is 0 Å². The maximum absolute atomic E-state index is 5.72. The van der Waals surface area contributed by atoms with E-state index in [-0.39, 0.29) is 0 Å². The highest BCUT2D eigenvalue weighted by atomic mass is 16.5. The maximum atomic E-state index is 5.72. The van der Waals surface area contributed by atoms with E-state index in [9.17, 15) is 0 Å². The van der Waals surface area contributed by atoms with Crippen LogP contribution in [0.3, 0.4) is 0 Å². The molecule has 0 aromatic carbocycles. The van der Waals surface area contributed by atoms with Gasteiger partial charge < -0.3 is 15.0 Å². The lowest BCUT2D eigenvalue weighted by molar-refractivity contribution is 0.0419. The molecule has 0 saturated carbocycles. The van der Waals surface area contributed by atoms with Crippen LogP contribution >= 0.6 is 0 Å². The molecule has 0 radical (unpaired) electrons. The summed E-state index contributed by atoms with van der Waals surface area (Å²) >= 11 is 0. The van der Waals surface area contributed by atoms with Gasteiger partial charge >= 0.3 is 0 Å². The summed E-state index contributed by atoms with van der Waals surface area (Å²) in [6, 6.07) is 0. The monoisotopic (exact) mass is 200 g/mol. The molecule has 0 aromatic rings. The van der Waals surface area contributed by atoms with Gasteiger partial charge in [0.05, 0.1) is 6.10 Å². The average molecular weight is 200 g/mol. The van der Waals surface area contributed by atoms with E-state index in [0.717, 1.165) is 26.1 Å². The molecule has 0 aromatic heterocycles. The zero-order chi connectivity index (χ0) is 10.2. The summed E-state index contributed by atoms with van der Waals surface area (Å²) < 4.78 is 5.72. The van der Waals surface area contributed by atoms with Gasteiger partial charge in [-0.1, -0.05) is 0 Å². The topological polar surface area (TPSA) is 24.5 Å². The zero-order valence-corrected chi connectivity index (χ0v) is 9.59. The third-order valence-electron chi connectivity index (χ3n) is 2.69. The van der Waals surface area contributed by atoms with E-state index in [0.29, 0.717) is 6.10 Å². The van der Waals surface area contributed by atoms with Gasteiger partial charge in [-0.15, -0.1) is 0 Å². The summed E-state index contributed by atoms with van der Waals surface area (Å²) in [4.78, 5) is 2.50. The zero-order valence-electron chi connectivity index (χ0n) is 9.59. The molecule has 1 aliphatic heterocycles. The Labute approximate surface area is 87.8 Å². The maximum Gasteiger partial charge on any atom is 0.0673 e. The Bertz CT molecular complexity index is 135. The van der Waals surface area contributed by atoms with Gasteiger partial charge in [-0.05, 0) is 52.9 Å². The lowest BCUT2D eigenvalue weighted by Gasteiger charge is -2.20. The molecule has 1 atom stereocenters. The minimum atomic E-state index is 0.393. The van der Waals surface area contributed by atoms with E-state index < -0.39 is 0 Å². The molecule has 1 aliphatic rings. The summed E-state index contributed by atoms with van der Waals surface area (Å²) in [5.74, 6) is 0. The van der Waals surface area contributed by atoms with Crippen molar-refractivity contribution in [3.8, 4) is 0 Å². The quantitative estimate of drug-likeness (QED) is 0.623. The molecule has 84 valence electrons. The van der Waals surface area contributed by atoms with Crippen LogP contribution in [-0.2, 0) is 4.74 Å². The van der Waals surface area contributed by atoms with E-state index in [2.05, 4.69) is 17.1 Å². The third kappa shape index (κ3) is 4.94. The summed E-state index contributed by atoms with van der Waals surface area (Å²) in [6.45, 7) is 7.76. The lowest BCUT2D eigenvalue weighted by atomic mass is 10.3. The van der Waals surface area contributed by atoms with Crippen LogP contribution in [0.2, 0.25) is 0 Å². The Hall–Kier alpha value is -0.120. The minimum absolute atomic E-state index is 0.393. The summed E-state index contributed by atoms with van der Waals surface area (Å²) in [5.41, 5.74) is 0. The number of hydrogen-bond acceptors (Lipinski definition) is 3. The molecule has 0 spiro atoms. The number of nitrogens with one attached hydrogen (secondary N) is 1. The van der Waals surface area contributed by atoms with Gasteiger partial charge in [-0.2, -0.15) is 0 Å². The van der Waals surface area contributed by atoms with Crippen molar-refractivity contribution in [1.82, 2.24) is 10.2 Å². The highest BCUT2D eigenvalue weighted by Crippen LogP contribution is 2.08. The Kier molecular flexibility index (Phi) is 6.15. The number of rotatable bonds is 7. The van der Waals surface area contributed by atoms with Crippen molar-refractivity contribution in [3.05, 3.63) is 0 Å². The van der Waals surface area contributed by atoms with Crippen molar-refractivity contribution in [2.45, 2.75) is 32.3 Å². The van der Waals surface area contributed by atoms with Crippen LogP contribution in [0.4, 0.5) is 0 Å². The van der Waals surface area contributed by atoms with Gasteiger partial charge in [0.25, 0.3) is 0 Å². The van der Waals surface area contributed by atoms with E-state index in [1.165, 1.54) is 25.9 Å². The first-order valence-corrected chi connectivity index (χ1v) is 5.81. The second-order valence-corrected chi connectivity index (χ2v) is 4.15. The number of hydrogen-bond donors (Lipinski definition) is 1. The lowest BCUT2D eigenvalue weighted by Crippen LogP contribution is -2.30. The summed E-state index contributed by atoms with van der Waals surface area (Å²) in [7, 11) is 1.98. The molecule has 14 heavy (non-hydrogen) atoms. The molecule has 1 fully saturated rings. The fourth-order valence-corrected chi connectivity index (χ4v) is 1.91. The summed E-state index contributed by atoms with van der Waals surface area (Å²) in [5, 5.41) is 3.12. The van der Waals surface area contributed by atoms with Crippen molar-refractivity contribution < 1.29 is 4.74 Å². The number of nitrogens with zero attached hydrogens (tertiary/aromatic N) is 1. The van der Waals surface area contributed by atoms with Gasteiger partial charge in [0.1, 0.15) is 0 Å². The molecule has 3 heteroatoms. The molecular formula is C11H24N2O. The summed E-state index contributed by atoms with van der Waals surface area (Å²) in [6.07, 6.45) is 4.24. The van der Waals surface area contributed by atoms with Crippen LogP contribution in [0, 0.1) is 0 Å². The fraction of sp³-hybridized carbons (Fsp3) is 1.00. The van der Waals surface area contributed by atoms with Gasteiger partial charge in [0.2, 0.25) is 0 Å². The van der Waals surface area contributed by atoms with Crippen LogP contribution in [0.25, 0.3) is 0 Å². The van der Waals surface area contributed by atoms with Crippen LogP contribution in [0.1, 0.15) is 26.2 Å². The predicted molar refractivity (Wildman–Crippen MR) is 59.6 cm³/mol. The molecule has 0 bridgehead atoms. The SMILES string of the molecule is CNCCCOC(C)CN1CCCC1. The second-order valence-electron chi connectivity index (χ2n) is 4.15. The largest absolute Gasteiger partial charge is 0.377 e. The normalized spacial score (nSPS) is 20.1. The first-order chi connectivity index (χ1) is 6.83. The second kappa shape index (κ2) is 7.21. The Morgan fingerprint density at radius 1 is 1.36 bits per heavy atom.